The first-order chi connectivity index (χ1) is 13.7. The number of rotatable bonds is 7. The van der Waals surface area contributed by atoms with E-state index in [4.69, 9.17) is 18.9 Å². The predicted octanol–water partition coefficient (Wildman–Crippen LogP) is 0.381. The number of nitrogens with one attached hydrogen (secondary N) is 1. The van der Waals surface area contributed by atoms with Gasteiger partial charge in [-0.25, -0.2) is 4.79 Å². The van der Waals surface area contributed by atoms with Gasteiger partial charge in [0.05, 0.1) is 6.61 Å². The largest absolute Gasteiger partial charge is 0.479 e. The third kappa shape index (κ3) is 6.26. The van der Waals surface area contributed by atoms with Crippen LogP contribution in [0.25, 0.3) is 0 Å². The number of aliphatic carboxylic acids is 1. The Bertz CT molecular complexity index is 751. The Hall–Kier alpha value is -2.98. The van der Waals surface area contributed by atoms with Gasteiger partial charge in [0, 0.05) is 20.8 Å². The molecule has 0 saturated carbocycles. The van der Waals surface area contributed by atoms with Crippen molar-refractivity contribution in [3.8, 4) is 0 Å². The summed E-state index contributed by atoms with van der Waals surface area (Å²) in [6, 6.07) is 7.88. The summed E-state index contributed by atoms with van der Waals surface area (Å²) in [5.41, 5.74) is 0.774. The highest BCUT2D eigenvalue weighted by atomic mass is 16.7. The van der Waals surface area contributed by atoms with Gasteiger partial charge >= 0.3 is 17.9 Å². The molecule has 1 aliphatic rings. The SMILES string of the molecule is CC(=O)N[C@@H]1[C@@H](OCc2ccccc2)O[C@@H](C(=O)O)[C@@H](OC(C)=O)[C@H]1OC(C)=O. The number of hydrogen-bond donors (Lipinski definition) is 2. The van der Waals surface area contributed by atoms with E-state index in [1.807, 2.05) is 6.07 Å². The highest BCUT2D eigenvalue weighted by Crippen LogP contribution is 2.28. The van der Waals surface area contributed by atoms with Crippen molar-refractivity contribution in [1.82, 2.24) is 5.32 Å². The van der Waals surface area contributed by atoms with Crippen molar-refractivity contribution in [2.24, 2.45) is 0 Å². The maximum Gasteiger partial charge on any atom is 0.337 e. The van der Waals surface area contributed by atoms with Crippen LogP contribution in [0, 0.1) is 0 Å². The molecule has 1 aliphatic heterocycles. The summed E-state index contributed by atoms with van der Waals surface area (Å²) < 4.78 is 21.5. The topological polar surface area (TPSA) is 137 Å². The van der Waals surface area contributed by atoms with E-state index in [1.165, 1.54) is 6.92 Å². The van der Waals surface area contributed by atoms with Crippen LogP contribution in [0.3, 0.4) is 0 Å². The Morgan fingerprint density at radius 1 is 1.00 bits per heavy atom. The lowest BCUT2D eigenvalue weighted by Crippen LogP contribution is -2.67. The van der Waals surface area contributed by atoms with Gasteiger partial charge in [-0.1, -0.05) is 30.3 Å². The third-order valence-electron chi connectivity index (χ3n) is 4.02. The molecule has 1 heterocycles. The van der Waals surface area contributed by atoms with Crippen LogP contribution in [-0.4, -0.2) is 59.6 Å². The van der Waals surface area contributed by atoms with Crippen LogP contribution < -0.4 is 5.32 Å². The molecule has 0 bridgehead atoms. The zero-order valence-corrected chi connectivity index (χ0v) is 16.2. The molecule has 0 aromatic heterocycles. The highest BCUT2D eigenvalue weighted by Gasteiger charge is 2.53. The van der Waals surface area contributed by atoms with E-state index in [0.717, 1.165) is 19.4 Å². The number of carbonyl (C=O) groups excluding carboxylic acids is 3. The predicted molar refractivity (Wildman–Crippen MR) is 96.2 cm³/mol. The van der Waals surface area contributed by atoms with E-state index in [-0.39, 0.29) is 6.61 Å². The molecular weight excluding hydrogens is 386 g/mol. The van der Waals surface area contributed by atoms with Crippen LogP contribution in [0.2, 0.25) is 0 Å². The van der Waals surface area contributed by atoms with Crippen molar-refractivity contribution in [2.45, 2.75) is 58.0 Å². The van der Waals surface area contributed by atoms with Crippen molar-refractivity contribution in [3.63, 3.8) is 0 Å². The van der Waals surface area contributed by atoms with Crippen LogP contribution in [0.1, 0.15) is 26.3 Å². The molecule has 10 heteroatoms. The minimum atomic E-state index is -1.67. The molecule has 1 saturated heterocycles. The second-order valence-electron chi connectivity index (χ2n) is 6.43. The van der Waals surface area contributed by atoms with Gasteiger partial charge in [-0.15, -0.1) is 0 Å². The molecule has 0 radical (unpaired) electrons. The van der Waals surface area contributed by atoms with Crippen molar-refractivity contribution in [1.29, 1.82) is 0 Å². The number of carboxylic acid groups (broad SMARTS) is 1. The normalized spacial score (nSPS) is 26.2. The summed E-state index contributed by atoms with van der Waals surface area (Å²) in [6.45, 7) is 3.46. The third-order valence-corrected chi connectivity index (χ3v) is 4.02. The second kappa shape index (κ2) is 9.99. The highest BCUT2D eigenvalue weighted by molar-refractivity contribution is 5.76. The molecule has 0 spiro atoms. The van der Waals surface area contributed by atoms with Crippen molar-refractivity contribution in [2.75, 3.05) is 0 Å². The molecule has 0 aliphatic carbocycles. The van der Waals surface area contributed by atoms with E-state index >= 15 is 0 Å². The number of esters is 2. The minimum absolute atomic E-state index is 0.0406. The number of carboxylic acids is 1. The lowest BCUT2D eigenvalue weighted by molar-refractivity contribution is -0.273. The summed E-state index contributed by atoms with van der Waals surface area (Å²) >= 11 is 0. The first-order valence-electron chi connectivity index (χ1n) is 8.84. The molecule has 10 nitrogen and oxygen atoms in total. The summed E-state index contributed by atoms with van der Waals surface area (Å²) in [4.78, 5) is 46.6. The zero-order chi connectivity index (χ0) is 21.6. The van der Waals surface area contributed by atoms with Gasteiger partial charge in [-0.3, -0.25) is 14.4 Å². The molecule has 1 amide bonds. The van der Waals surface area contributed by atoms with E-state index in [1.54, 1.807) is 24.3 Å². The second-order valence-corrected chi connectivity index (χ2v) is 6.43. The maximum atomic E-state index is 11.7. The molecule has 1 fully saturated rings. The van der Waals surface area contributed by atoms with Crippen molar-refractivity contribution >= 4 is 23.8 Å². The molecule has 2 N–H and O–H groups in total. The number of carbonyl (C=O) groups is 4. The van der Waals surface area contributed by atoms with E-state index in [2.05, 4.69) is 5.32 Å². The van der Waals surface area contributed by atoms with Crippen LogP contribution in [0.4, 0.5) is 0 Å². The molecular formula is C19H23NO9. The van der Waals surface area contributed by atoms with E-state index in [0.29, 0.717) is 0 Å². The lowest BCUT2D eigenvalue weighted by Gasteiger charge is -2.43. The minimum Gasteiger partial charge on any atom is -0.479 e. The number of amides is 1. The van der Waals surface area contributed by atoms with Crippen LogP contribution in [-0.2, 0) is 44.7 Å². The Balaban J connectivity index is 2.36. The number of hydrogen-bond acceptors (Lipinski definition) is 8. The van der Waals surface area contributed by atoms with E-state index in [9.17, 15) is 24.3 Å². The van der Waals surface area contributed by atoms with Crippen LogP contribution in [0.5, 0.6) is 0 Å². The molecule has 158 valence electrons. The van der Waals surface area contributed by atoms with Gasteiger partial charge in [0.15, 0.2) is 24.6 Å². The van der Waals surface area contributed by atoms with Crippen LogP contribution in [0.15, 0.2) is 30.3 Å². The van der Waals surface area contributed by atoms with Gasteiger partial charge in [-0.2, -0.15) is 0 Å². The summed E-state index contributed by atoms with van der Waals surface area (Å²) in [7, 11) is 0. The molecule has 1 aromatic rings. The standard InChI is InChI=1S/C19H23NO9/c1-10(21)20-14-15(27-11(2)22)16(28-12(3)23)17(18(24)25)29-19(14)26-9-13-7-5-4-6-8-13/h4-8,14-17,19H,9H2,1-3H3,(H,20,21)(H,24,25)/t14-,15-,16-,17+,19-/m0/s1. The summed E-state index contributed by atoms with van der Waals surface area (Å²) in [6.07, 6.45) is -5.77. The van der Waals surface area contributed by atoms with Gasteiger partial charge in [0.25, 0.3) is 0 Å². The fourth-order valence-corrected chi connectivity index (χ4v) is 2.97. The van der Waals surface area contributed by atoms with Crippen LogP contribution >= 0.6 is 0 Å². The fraction of sp³-hybridized carbons (Fsp3) is 0.474. The van der Waals surface area contributed by atoms with Crippen molar-refractivity contribution < 1.29 is 43.2 Å². The molecule has 2 rings (SSSR count). The molecule has 5 atom stereocenters. The fourth-order valence-electron chi connectivity index (χ4n) is 2.97. The first-order valence-corrected chi connectivity index (χ1v) is 8.84. The Morgan fingerprint density at radius 3 is 2.10 bits per heavy atom. The Morgan fingerprint density at radius 2 is 1.59 bits per heavy atom. The lowest BCUT2D eigenvalue weighted by atomic mass is 9.95. The summed E-state index contributed by atoms with van der Waals surface area (Å²) in [5, 5.41) is 12.1. The average Bonchev–Trinajstić information content (AvgIpc) is 2.63. The Labute approximate surface area is 167 Å². The average molecular weight is 409 g/mol. The van der Waals surface area contributed by atoms with Gasteiger partial charge in [0.2, 0.25) is 5.91 Å². The monoisotopic (exact) mass is 409 g/mol. The van der Waals surface area contributed by atoms with E-state index < -0.39 is 54.5 Å². The Kier molecular flexibility index (Phi) is 7.68. The van der Waals surface area contributed by atoms with Gasteiger partial charge < -0.3 is 29.4 Å². The van der Waals surface area contributed by atoms with Gasteiger partial charge in [0.1, 0.15) is 6.04 Å². The first kappa shape index (κ1) is 22.3. The smallest absolute Gasteiger partial charge is 0.337 e. The summed E-state index contributed by atoms with van der Waals surface area (Å²) in [5.74, 6) is -3.50. The quantitative estimate of drug-likeness (QED) is 0.612. The van der Waals surface area contributed by atoms with Gasteiger partial charge in [-0.05, 0) is 5.56 Å². The maximum absolute atomic E-state index is 11.7. The zero-order valence-electron chi connectivity index (χ0n) is 16.2. The molecule has 1 aromatic carbocycles. The number of benzene rings is 1. The molecule has 29 heavy (non-hydrogen) atoms. The van der Waals surface area contributed by atoms with Crippen molar-refractivity contribution in [3.05, 3.63) is 35.9 Å². The molecule has 0 unspecified atom stereocenters. The number of ether oxygens (including phenoxy) is 4.